The van der Waals surface area contributed by atoms with Gasteiger partial charge in [-0.05, 0) is 43.0 Å². The van der Waals surface area contributed by atoms with E-state index in [2.05, 4.69) is 16.0 Å². The minimum atomic E-state index is 0.208. The second-order valence-corrected chi connectivity index (χ2v) is 7.02. The number of aromatic nitrogens is 1. The van der Waals surface area contributed by atoms with Crippen LogP contribution in [0.3, 0.4) is 0 Å². The van der Waals surface area contributed by atoms with Crippen molar-refractivity contribution < 1.29 is 4.79 Å². The van der Waals surface area contributed by atoms with Crippen molar-refractivity contribution in [2.75, 3.05) is 31.1 Å². The summed E-state index contributed by atoms with van der Waals surface area (Å²) in [4.78, 5) is 23.6. The summed E-state index contributed by atoms with van der Waals surface area (Å²) in [6, 6.07) is 8.09. The summed E-state index contributed by atoms with van der Waals surface area (Å²) in [5.41, 5.74) is 1.40. The van der Waals surface area contributed by atoms with Gasteiger partial charge in [-0.1, -0.05) is 6.07 Å². The van der Waals surface area contributed by atoms with Crippen molar-refractivity contribution >= 4 is 23.1 Å². The average Bonchev–Trinajstić information content (AvgIpc) is 3.17. The van der Waals surface area contributed by atoms with Crippen molar-refractivity contribution in [1.82, 2.24) is 9.88 Å². The van der Waals surface area contributed by atoms with Crippen molar-refractivity contribution in [2.24, 2.45) is 0 Å². The summed E-state index contributed by atoms with van der Waals surface area (Å²) >= 11 is 1.70. The van der Waals surface area contributed by atoms with E-state index in [1.165, 1.54) is 16.9 Å². The first-order valence-corrected chi connectivity index (χ1v) is 8.70. The van der Waals surface area contributed by atoms with Crippen LogP contribution in [0.15, 0.2) is 30.5 Å². The Bertz CT molecular complexity index is 653. The highest BCUT2D eigenvalue weighted by Gasteiger charge is 2.25. The largest absolute Gasteiger partial charge is 0.353 e. The number of hydrogen-bond donors (Lipinski definition) is 0. The molecule has 0 aromatic carbocycles. The Balaban J connectivity index is 1.41. The maximum absolute atomic E-state index is 12.7. The summed E-state index contributed by atoms with van der Waals surface area (Å²) in [7, 11) is 0. The maximum Gasteiger partial charge on any atom is 0.264 e. The molecule has 2 aromatic heterocycles. The summed E-state index contributed by atoms with van der Waals surface area (Å²) < 4.78 is 0. The molecule has 114 valence electrons. The average molecular weight is 313 g/mol. The lowest BCUT2D eigenvalue weighted by Gasteiger charge is -2.35. The summed E-state index contributed by atoms with van der Waals surface area (Å²) in [5.74, 6) is 1.21. The van der Waals surface area contributed by atoms with Gasteiger partial charge in [0.25, 0.3) is 5.91 Å². The first kappa shape index (κ1) is 13.8. The quantitative estimate of drug-likeness (QED) is 0.855. The molecule has 0 atom stereocenters. The van der Waals surface area contributed by atoms with Gasteiger partial charge in [-0.3, -0.25) is 4.79 Å². The van der Waals surface area contributed by atoms with E-state index in [0.717, 1.165) is 49.7 Å². The maximum atomic E-state index is 12.7. The molecule has 4 rings (SSSR count). The molecule has 1 aliphatic heterocycles. The number of anilines is 1. The van der Waals surface area contributed by atoms with Crippen LogP contribution in [-0.2, 0) is 12.8 Å². The molecule has 4 nitrogen and oxygen atoms in total. The Morgan fingerprint density at radius 3 is 2.73 bits per heavy atom. The third-order valence-electron chi connectivity index (χ3n) is 4.50. The number of piperazine rings is 1. The fourth-order valence-electron chi connectivity index (χ4n) is 3.27. The standard InChI is InChI=1S/C17H19N3OS/c21-17(15-12-13-4-3-5-14(13)22-15)20-10-8-19(9-11-20)16-6-1-2-7-18-16/h1-2,6-7,12H,3-5,8-11H2. The second kappa shape index (κ2) is 5.72. The van der Waals surface area contributed by atoms with Gasteiger partial charge in [0.1, 0.15) is 5.82 Å². The molecular formula is C17H19N3OS. The zero-order valence-corrected chi connectivity index (χ0v) is 13.3. The smallest absolute Gasteiger partial charge is 0.264 e. The highest BCUT2D eigenvalue weighted by molar-refractivity contribution is 7.14. The SMILES string of the molecule is O=C(c1cc2c(s1)CCC2)N1CCN(c2ccccn2)CC1. The molecule has 5 heteroatoms. The van der Waals surface area contributed by atoms with E-state index < -0.39 is 0 Å². The molecule has 1 amide bonds. The molecule has 3 heterocycles. The van der Waals surface area contributed by atoms with Gasteiger partial charge in [0.2, 0.25) is 0 Å². The molecule has 22 heavy (non-hydrogen) atoms. The van der Waals surface area contributed by atoms with Gasteiger partial charge in [0.15, 0.2) is 0 Å². The Kier molecular flexibility index (Phi) is 3.58. The number of thiophene rings is 1. The van der Waals surface area contributed by atoms with E-state index in [0.29, 0.717) is 0 Å². The Morgan fingerprint density at radius 1 is 1.14 bits per heavy atom. The Hall–Kier alpha value is -1.88. The number of hydrogen-bond acceptors (Lipinski definition) is 4. The van der Waals surface area contributed by atoms with Gasteiger partial charge in [-0.25, -0.2) is 4.98 Å². The third-order valence-corrected chi connectivity index (χ3v) is 5.72. The fraction of sp³-hybridized carbons (Fsp3) is 0.412. The van der Waals surface area contributed by atoms with Crippen LogP contribution in [0.1, 0.15) is 26.5 Å². The van der Waals surface area contributed by atoms with E-state index >= 15 is 0 Å². The van der Waals surface area contributed by atoms with Gasteiger partial charge >= 0.3 is 0 Å². The molecular weight excluding hydrogens is 294 g/mol. The zero-order valence-electron chi connectivity index (χ0n) is 12.5. The molecule has 0 saturated carbocycles. The van der Waals surface area contributed by atoms with Gasteiger partial charge in [-0.2, -0.15) is 0 Å². The van der Waals surface area contributed by atoms with Crippen molar-refractivity contribution in [1.29, 1.82) is 0 Å². The highest BCUT2D eigenvalue weighted by atomic mass is 32.1. The third kappa shape index (κ3) is 2.50. The van der Waals surface area contributed by atoms with E-state index in [4.69, 9.17) is 0 Å². The molecule has 2 aromatic rings. The van der Waals surface area contributed by atoms with Crippen LogP contribution in [0.25, 0.3) is 0 Å². The predicted molar refractivity (Wildman–Crippen MR) is 88.7 cm³/mol. The topological polar surface area (TPSA) is 36.4 Å². The van der Waals surface area contributed by atoms with Gasteiger partial charge in [0.05, 0.1) is 4.88 Å². The molecule has 0 N–H and O–H groups in total. The lowest BCUT2D eigenvalue weighted by atomic mass is 10.2. The van der Waals surface area contributed by atoms with Crippen LogP contribution in [0.5, 0.6) is 0 Å². The number of rotatable bonds is 2. The number of carbonyl (C=O) groups excluding carboxylic acids is 1. The van der Waals surface area contributed by atoms with Crippen molar-refractivity contribution in [3.05, 3.63) is 45.8 Å². The van der Waals surface area contributed by atoms with E-state index in [1.807, 2.05) is 29.3 Å². The van der Waals surface area contributed by atoms with Crippen LogP contribution in [0.4, 0.5) is 5.82 Å². The van der Waals surface area contributed by atoms with Crippen LogP contribution in [0.2, 0.25) is 0 Å². The van der Waals surface area contributed by atoms with Gasteiger partial charge in [-0.15, -0.1) is 11.3 Å². The molecule has 1 saturated heterocycles. The molecule has 1 aliphatic carbocycles. The van der Waals surface area contributed by atoms with Crippen molar-refractivity contribution in [3.8, 4) is 0 Å². The summed E-state index contributed by atoms with van der Waals surface area (Å²) in [5, 5.41) is 0. The Morgan fingerprint density at radius 2 is 2.00 bits per heavy atom. The lowest BCUT2D eigenvalue weighted by Crippen LogP contribution is -2.48. The van der Waals surface area contributed by atoms with Crippen LogP contribution in [0, 0.1) is 0 Å². The molecule has 0 unspecified atom stereocenters. The van der Waals surface area contributed by atoms with Gasteiger partial charge < -0.3 is 9.80 Å². The zero-order chi connectivity index (χ0) is 14.9. The number of aryl methyl sites for hydroxylation is 2. The van der Waals surface area contributed by atoms with Crippen LogP contribution < -0.4 is 4.90 Å². The van der Waals surface area contributed by atoms with Crippen molar-refractivity contribution in [2.45, 2.75) is 19.3 Å². The van der Waals surface area contributed by atoms with E-state index in [-0.39, 0.29) is 5.91 Å². The van der Waals surface area contributed by atoms with Gasteiger partial charge in [0, 0.05) is 37.3 Å². The first-order valence-electron chi connectivity index (χ1n) is 7.88. The first-order chi connectivity index (χ1) is 10.8. The predicted octanol–water partition coefficient (Wildman–Crippen LogP) is 2.59. The fourth-order valence-corrected chi connectivity index (χ4v) is 4.49. The monoisotopic (exact) mass is 313 g/mol. The summed E-state index contributed by atoms with van der Waals surface area (Å²) in [6.45, 7) is 3.26. The van der Waals surface area contributed by atoms with Crippen LogP contribution >= 0.6 is 11.3 Å². The second-order valence-electron chi connectivity index (χ2n) is 5.88. The van der Waals surface area contributed by atoms with E-state index in [9.17, 15) is 4.79 Å². The van der Waals surface area contributed by atoms with Crippen molar-refractivity contribution in [3.63, 3.8) is 0 Å². The number of amides is 1. The molecule has 1 fully saturated rings. The molecule has 2 aliphatic rings. The number of fused-ring (bicyclic) bond motifs is 1. The number of pyridine rings is 1. The highest BCUT2D eigenvalue weighted by Crippen LogP contribution is 2.31. The normalized spacial score (nSPS) is 17.6. The molecule has 0 radical (unpaired) electrons. The number of carbonyl (C=O) groups is 1. The van der Waals surface area contributed by atoms with Crippen LogP contribution in [-0.4, -0.2) is 42.0 Å². The minimum Gasteiger partial charge on any atom is -0.353 e. The lowest BCUT2D eigenvalue weighted by molar-refractivity contribution is 0.0751. The summed E-state index contributed by atoms with van der Waals surface area (Å²) in [6.07, 6.45) is 5.37. The minimum absolute atomic E-state index is 0.208. The van der Waals surface area contributed by atoms with E-state index in [1.54, 1.807) is 11.3 Å². The Labute approximate surface area is 134 Å². The molecule has 0 bridgehead atoms. The molecule has 0 spiro atoms. The number of nitrogens with zero attached hydrogens (tertiary/aromatic N) is 3.